The summed E-state index contributed by atoms with van der Waals surface area (Å²) in [5, 5.41) is 8.58. The van der Waals surface area contributed by atoms with Crippen LogP contribution in [0.3, 0.4) is 0 Å². The molecule has 0 radical (unpaired) electrons. The summed E-state index contributed by atoms with van der Waals surface area (Å²) in [5.41, 5.74) is 4.81. The first kappa shape index (κ1) is 20.5. The van der Waals surface area contributed by atoms with Crippen molar-refractivity contribution >= 4 is 17.7 Å². The van der Waals surface area contributed by atoms with Gasteiger partial charge in [0.1, 0.15) is 12.3 Å². The molecular formula is C24H22N4O3S. The van der Waals surface area contributed by atoms with Gasteiger partial charge in [-0.2, -0.15) is 10.1 Å². The molecule has 2 aromatic carbocycles. The van der Waals surface area contributed by atoms with Crippen LogP contribution in [0.5, 0.6) is 0 Å². The first-order valence-electron chi connectivity index (χ1n) is 10.5. The van der Waals surface area contributed by atoms with Crippen molar-refractivity contribution in [3.8, 4) is 5.69 Å². The highest BCUT2D eigenvalue weighted by Gasteiger charge is 2.24. The van der Waals surface area contributed by atoms with Crippen molar-refractivity contribution in [3.05, 3.63) is 88.8 Å². The SMILES string of the molecule is Cc1noc(CSc2ccccc2C(=O)OCc2nn(-c3ccccc3)c3c2CCC3)n1. The fourth-order valence-corrected chi connectivity index (χ4v) is 4.80. The third kappa shape index (κ3) is 4.18. The monoisotopic (exact) mass is 446 g/mol. The molecule has 0 bridgehead atoms. The Labute approximate surface area is 189 Å². The highest BCUT2D eigenvalue weighted by molar-refractivity contribution is 7.98. The highest BCUT2D eigenvalue weighted by Crippen LogP contribution is 2.29. The van der Waals surface area contributed by atoms with Crippen LogP contribution in [0.4, 0.5) is 0 Å². The van der Waals surface area contributed by atoms with Crippen molar-refractivity contribution in [1.29, 1.82) is 0 Å². The summed E-state index contributed by atoms with van der Waals surface area (Å²) in [6, 6.07) is 17.5. The lowest BCUT2D eigenvalue weighted by Gasteiger charge is -2.08. The molecule has 0 fully saturated rings. The number of ether oxygens (including phenoxy) is 1. The Balaban J connectivity index is 1.31. The smallest absolute Gasteiger partial charge is 0.339 e. The van der Waals surface area contributed by atoms with E-state index in [0.29, 0.717) is 23.0 Å². The van der Waals surface area contributed by atoms with E-state index >= 15 is 0 Å². The third-order valence-electron chi connectivity index (χ3n) is 5.38. The first-order chi connectivity index (χ1) is 15.7. The average Bonchev–Trinajstić information content (AvgIpc) is 3.54. The fraction of sp³-hybridized carbons (Fsp3) is 0.250. The molecule has 0 N–H and O–H groups in total. The fourth-order valence-electron chi connectivity index (χ4n) is 3.92. The van der Waals surface area contributed by atoms with Gasteiger partial charge in [0.2, 0.25) is 5.89 Å². The maximum absolute atomic E-state index is 12.9. The standard InChI is InChI=1S/C24H22N4O3S/c1-16-25-23(31-27-16)15-32-22-13-6-5-10-19(22)24(29)30-14-20-18-11-7-12-21(18)28(26-20)17-8-3-2-4-9-17/h2-6,8-10,13H,7,11-12,14-15H2,1H3. The molecule has 4 aromatic rings. The average molecular weight is 447 g/mol. The van der Waals surface area contributed by atoms with E-state index in [-0.39, 0.29) is 12.6 Å². The molecule has 0 atom stereocenters. The number of aryl methyl sites for hydroxylation is 1. The summed E-state index contributed by atoms with van der Waals surface area (Å²) in [6.07, 6.45) is 3.04. The summed E-state index contributed by atoms with van der Waals surface area (Å²) >= 11 is 1.47. The van der Waals surface area contributed by atoms with Gasteiger partial charge in [-0.1, -0.05) is 35.5 Å². The Morgan fingerprint density at radius 2 is 1.94 bits per heavy atom. The summed E-state index contributed by atoms with van der Waals surface area (Å²) in [7, 11) is 0. The number of nitrogens with zero attached hydrogens (tertiary/aromatic N) is 4. The number of esters is 1. The summed E-state index contributed by atoms with van der Waals surface area (Å²) in [4.78, 5) is 17.9. The van der Waals surface area contributed by atoms with Gasteiger partial charge >= 0.3 is 5.97 Å². The number of hydrogen-bond acceptors (Lipinski definition) is 7. The normalized spacial score (nSPS) is 12.7. The van der Waals surface area contributed by atoms with Crippen LogP contribution in [-0.4, -0.2) is 25.9 Å². The van der Waals surface area contributed by atoms with E-state index in [9.17, 15) is 4.79 Å². The minimum Gasteiger partial charge on any atom is -0.455 e. The van der Waals surface area contributed by atoms with Crippen LogP contribution in [0, 0.1) is 6.92 Å². The van der Waals surface area contributed by atoms with E-state index in [2.05, 4.69) is 10.1 Å². The van der Waals surface area contributed by atoms with E-state index in [1.165, 1.54) is 23.0 Å². The van der Waals surface area contributed by atoms with Crippen molar-refractivity contribution in [3.63, 3.8) is 0 Å². The zero-order valence-electron chi connectivity index (χ0n) is 17.7. The van der Waals surface area contributed by atoms with Crippen molar-refractivity contribution in [2.45, 2.75) is 43.4 Å². The Morgan fingerprint density at radius 3 is 2.75 bits per heavy atom. The predicted octanol–water partition coefficient (Wildman–Crippen LogP) is 4.70. The lowest BCUT2D eigenvalue weighted by atomic mass is 10.2. The molecule has 1 aliphatic rings. The largest absolute Gasteiger partial charge is 0.455 e. The zero-order chi connectivity index (χ0) is 21.9. The second-order valence-electron chi connectivity index (χ2n) is 7.57. The summed E-state index contributed by atoms with van der Waals surface area (Å²) in [5.74, 6) is 1.24. The maximum Gasteiger partial charge on any atom is 0.339 e. The van der Waals surface area contributed by atoms with Gasteiger partial charge in [-0.25, -0.2) is 9.48 Å². The summed E-state index contributed by atoms with van der Waals surface area (Å²) in [6.45, 7) is 1.93. The van der Waals surface area contributed by atoms with Crippen LogP contribution >= 0.6 is 11.8 Å². The van der Waals surface area contributed by atoms with Crippen molar-refractivity contribution in [2.24, 2.45) is 0 Å². The van der Waals surface area contributed by atoms with E-state index in [1.807, 2.05) is 53.2 Å². The number of carbonyl (C=O) groups is 1. The minimum absolute atomic E-state index is 0.156. The molecule has 1 aliphatic carbocycles. The van der Waals surface area contributed by atoms with Gasteiger partial charge in [-0.15, -0.1) is 11.8 Å². The van der Waals surface area contributed by atoms with Crippen LogP contribution in [0.1, 0.15) is 45.4 Å². The number of para-hydroxylation sites is 1. The van der Waals surface area contributed by atoms with Gasteiger partial charge in [0.05, 0.1) is 17.0 Å². The lowest BCUT2D eigenvalue weighted by molar-refractivity contribution is 0.0462. The highest BCUT2D eigenvalue weighted by atomic mass is 32.2. The zero-order valence-corrected chi connectivity index (χ0v) is 18.5. The molecule has 32 heavy (non-hydrogen) atoms. The van der Waals surface area contributed by atoms with Crippen LogP contribution in [0.15, 0.2) is 64.0 Å². The molecule has 7 nitrogen and oxygen atoms in total. The minimum atomic E-state index is -0.365. The van der Waals surface area contributed by atoms with E-state index in [0.717, 1.165) is 35.5 Å². The predicted molar refractivity (Wildman–Crippen MR) is 120 cm³/mol. The molecular weight excluding hydrogens is 424 g/mol. The van der Waals surface area contributed by atoms with Crippen LogP contribution in [0.2, 0.25) is 0 Å². The number of aromatic nitrogens is 4. The maximum atomic E-state index is 12.9. The number of carbonyl (C=O) groups excluding carboxylic acids is 1. The van der Waals surface area contributed by atoms with Crippen LogP contribution in [0.25, 0.3) is 5.69 Å². The molecule has 162 valence electrons. The first-order valence-corrected chi connectivity index (χ1v) is 11.5. The van der Waals surface area contributed by atoms with E-state index in [1.54, 1.807) is 13.0 Å². The summed E-state index contributed by atoms with van der Waals surface area (Å²) < 4.78 is 12.9. The Morgan fingerprint density at radius 1 is 1.12 bits per heavy atom. The van der Waals surface area contributed by atoms with Gasteiger partial charge in [0.15, 0.2) is 5.82 Å². The van der Waals surface area contributed by atoms with E-state index < -0.39 is 0 Å². The Kier molecular flexibility index (Phi) is 5.77. The van der Waals surface area contributed by atoms with Gasteiger partial charge in [-0.3, -0.25) is 0 Å². The third-order valence-corrected chi connectivity index (χ3v) is 6.44. The number of hydrogen-bond donors (Lipinski definition) is 0. The number of thioether (sulfide) groups is 1. The van der Waals surface area contributed by atoms with Crippen LogP contribution < -0.4 is 0 Å². The van der Waals surface area contributed by atoms with Gasteiger partial charge in [-0.05, 0) is 50.5 Å². The molecule has 8 heteroatoms. The molecule has 2 aromatic heterocycles. The second-order valence-corrected chi connectivity index (χ2v) is 8.59. The van der Waals surface area contributed by atoms with Crippen molar-refractivity contribution in [1.82, 2.24) is 19.9 Å². The molecule has 0 aliphatic heterocycles. The van der Waals surface area contributed by atoms with Gasteiger partial charge in [0, 0.05) is 16.2 Å². The van der Waals surface area contributed by atoms with Crippen LogP contribution in [-0.2, 0) is 29.9 Å². The van der Waals surface area contributed by atoms with Crippen molar-refractivity contribution < 1.29 is 14.1 Å². The molecule has 0 saturated heterocycles. The van der Waals surface area contributed by atoms with E-state index in [4.69, 9.17) is 14.4 Å². The molecule has 0 unspecified atom stereocenters. The number of benzene rings is 2. The Hall–Kier alpha value is -3.39. The molecule has 0 spiro atoms. The Bertz CT molecular complexity index is 1250. The number of rotatable bonds is 7. The lowest BCUT2D eigenvalue weighted by Crippen LogP contribution is -2.08. The molecule has 0 saturated carbocycles. The van der Waals surface area contributed by atoms with Gasteiger partial charge in [0.25, 0.3) is 0 Å². The molecule has 5 rings (SSSR count). The number of fused-ring (bicyclic) bond motifs is 1. The molecule has 2 heterocycles. The topological polar surface area (TPSA) is 83.0 Å². The second kappa shape index (κ2) is 9.00. The van der Waals surface area contributed by atoms with Gasteiger partial charge < -0.3 is 9.26 Å². The molecule has 0 amide bonds. The van der Waals surface area contributed by atoms with Crippen molar-refractivity contribution in [2.75, 3.05) is 0 Å². The quantitative estimate of drug-likeness (QED) is 0.300.